The van der Waals surface area contributed by atoms with Gasteiger partial charge in [0.25, 0.3) is 0 Å². The van der Waals surface area contributed by atoms with Crippen LogP contribution < -0.4 is 10.6 Å². The van der Waals surface area contributed by atoms with E-state index in [4.69, 9.17) is 0 Å². The standard InChI is InChI=1S/C11H19N3O2/c15-10(13-9-3-4-9)5-6-12-11(16)14-7-1-2-8-14/h9H,1-8H2,(H,12,16)(H,13,15). The number of hydrogen-bond acceptors (Lipinski definition) is 2. The highest BCUT2D eigenvalue weighted by Gasteiger charge is 2.23. The van der Waals surface area contributed by atoms with Crippen molar-refractivity contribution < 1.29 is 9.59 Å². The van der Waals surface area contributed by atoms with Gasteiger partial charge in [0.1, 0.15) is 0 Å². The first-order valence-corrected chi connectivity index (χ1v) is 6.08. The predicted molar refractivity (Wildman–Crippen MR) is 60.0 cm³/mol. The molecule has 1 heterocycles. The maximum absolute atomic E-state index is 11.5. The maximum Gasteiger partial charge on any atom is 0.317 e. The number of carbonyl (C=O) groups excluding carboxylic acids is 2. The number of carbonyl (C=O) groups is 2. The summed E-state index contributed by atoms with van der Waals surface area (Å²) in [7, 11) is 0. The number of hydrogen-bond donors (Lipinski definition) is 2. The summed E-state index contributed by atoms with van der Waals surface area (Å²) in [6.07, 6.45) is 4.78. The van der Waals surface area contributed by atoms with E-state index in [1.54, 1.807) is 4.90 Å². The Balaban J connectivity index is 1.55. The highest BCUT2D eigenvalue weighted by Crippen LogP contribution is 2.18. The molecule has 5 heteroatoms. The first-order chi connectivity index (χ1) is 7.75. The summed E-state index contributed by atoms with van der Waals surface area (Å²) in [6, 6.07) is 0.374. The molecular weight excluding hydrogens is 206 g/mol. The summed E-state index contributed by atoms with van der Waals surface area (Å²) in [4.78, 5) is 24.7. The highest BCUT2D eigenvalue weighted by molar-refractivity contribution is 5.78. The van der Waals surface area contributed by atoms with E-state index < -0.39 is 0 Å². The van der Waals surface area contributed by atoms with Gasteiger partial charge >= 0.3 is 6.03 Å². The van der Waals surface area contributed by atoms with Gasteiger partial charge in [0.2, 0.25) is 5.91 Å². The van der Waals surface area contributed by atoms with E-state index in [1.165, 1.54) is 0 Å². The smallest absolute Gasteiger partial charge is 0.317 e. The van der Waals surface area contributed by atoms with Crippen LogP contribution >= 0.6 is 0 Å². The van der Waals surface area contributed by atoms with Crippen molar-refractivity contribution >= 4 is 11.9 Å². The molecule has 5 nitrogen and oxygen atoms in total. The molecule has 1 saturated heterocycles. The number of urea groups is 1. The second-order valence-electron chi connectivity index (χ2n) is 4.52. The van der Waals surface area contributed by atoms with Gasteiger partial charge in [0.05, 0.1) is 0 Å². The van der Waals surface area contributed by atoms with Crippen molar-refractivity contribution in [1.29, 1.82) is 0 Å². The Bertz CT molecular complexity index is 270. The van der Waals surface area contributed by atoms with Crippen LogP contribution in [0.4, 0.5) is 4.79 Å². The van der Waals surface area contributed by atoms with Crippen LogP contribution in [0.5, 0.6) is 0 Å². The molecule has 2 aliphatic rings. The summed E-state index contributed by atoms with van der Waals surface area (Å²) in [5, 5.41) is 5.67. The van der Waals surface area contributed by atoms with Gasteiger partial charge in [-0.3, -0.25) is 4.79 Å². The van der Waals surface area contributed by atoms with Gasteiger partial charge in [-0.05, 0) is 25.7 Å². The molecule has 90 valence electrons. The van der Waals surface area contributed by atoms with Crippen molar-refractivity contribution in [2.24, 2.45) is 0 Å². The lowest BCUT2D eigenvalue weighted by molar-refractivity contribution is -0.121. The van der Waals surface area contributed by atoms with Gasteiger partial charge in [-0.25, -0.2) is 4.79 Å². The van der Waals surface area contributed by atoms with E-state index in [1.807, 2.05) is 0 Å². The molecule has 0 aromatic heterocycles. The lowest BCUT2D eigenvalue weighted by Crippen LogP contribution is -2.39. The quantitative estimate of drug-likeness (QED) is 0.730. The van der Waals surface area contributed by atoms with Crippen molar-refractivity contribution in [1.82, 2.24) is 15.5 Å². The van der Waals surface area contributed by atoms with Crippen molar-refractivity contribution in [2.75, 3.05) is 19.6 Å². The Morgan fingerprint density at radius 2 is 1.88 bits per heavy atom. The molecule has 16 heavy (non-hydrogen) atoms. The third-order valence-electron chi connectivity index (χ3n) is 2.96. The summed E-state index contributed by atoms with van der Waals surface area (Å²) in [6.45, 7) is 2.13. The first-order valence-electron chi connectivity index (χ1n) is 6.08. The van der Waals surface area contributed by atoms with Gasteiger partial charge in [-0.2, -0.15) is 0 Å². The highest BCUT2D eigenvalue weighted by atomic mass is 16.2. The van der Waals surface area contributed by atoms with Crippen LogP contribution in [-0.2, 0) is 4.79 Å². The fourth-order valence-corrected chi connectivity index (χ4v) is 1.84. The zero-order chi connectivity index (χ0) is 11.4. The molecule has 0 aromatic rings. The fraction of sp³-hybridized carbons (Fsp3) is 0.818. The molecule has 0 atom stereocenters. The van der Waals surface area contributed by atoms with Crippen LogP contribution in [0, 0.1) is 0 Å². The molecule has 0 bridgehead atoms. The molecule has 0 radical (unpaired) electrons. The second kappa shape index (κ2) is 5.18. The van der Waals surface area contributed by atoms with Gasteiger partial charge in [0, 0.05) is 32.1 Å². The van der Waals surface area contributed by atoms with Crippen LogP contribution in [0.3, 0.4) is 0 Å². The average Bonchev–Trinajstić information content (AvgIpc) is 2.90. The number of likely N-dealkylation sites (tertiary alicyclic amines) is 1. The van der Waals surface area contributed by atoms with Crippen molar-refractivity contribution in [3.05, 3.63) is 0 Å². The van der Waals surface area contributed by atoms with Gasteiger partial charge < -0.3 is 15.5 Å². The SMILES string of the molecule is O=C(CCNC(=O)N1CCCC1)NC1CC1. The average molecular weight is 225 g/mol. The molecule has 0 aromatic carbocycles. The van der Waals surface area contributed by atoms with E-state index in [0.29, 0.717) is 19.0 Å². The van der Waals surface area contributed by atoms with Gasteiger partial charge in [0.15, 0.2) is 0 Å². The van der Waals surface area contributed by atoms with Crippen molar-refractivity contribution in [3.63, 3.8) is 0 Å². The van der Waals surface area contributed by atoms with Crippen LogP contribution in [0.1, 0.15) is 32.1 Å². The van der Waals surface area contributed by atoms with E-state index >= 15 is 0 Å². The van der Waals surface area contributed by atoms with Crippen molar-refractivity contribution in [3.8, 4) is 0 Å². The number of rotatable bonds is 4. The van der Waals surface area contributed by atoms with Crippen LogP contribution in [0.2, 0.25) is 0 Å². The summed E-state index contributed by atoms with van der Waals surface area (Å²) < 4.78 is 0. The molecule has 0 spiro atoms. The molecular formula is C11H19N3O2. The Labute approximate surface area is 95.6 Å². The topological polar surface area (TPSA) is 61.4 Å². The van der Waals surface area contributed by atoms with Crippen LogP contribution in [0.15, 0.2) is 0 Å². The predicted octanol–water partition coefficient (Wildman–Crippen LogP) is 0.460. The fourth-order valence-electron chi connectivity index (χ4n) is 1.84. The molecule has 2 N–H and O–H groups in total. The molecule has 3 amide bonds. The molecule has 1 saturated carbocycles. The Morgan fingerprint density at radius 3 is 2.50 bits per heavy atom. The minimum atomic E-state index is -0.0308. The third kappa shape index (κ3) is 3.40. The monoisotopic (exact) mass is 225 g/mol. The zero-order valence-electron chi connectivity index (χ0n) is 9.50. The molecule has 2 rings (SSSR count). The molecule has 2 fully saturated rings. The number of nitrogens with zero attached hydrogens (tertiary/aromatic N) is 1. The van der Waals surface area contributed by atoms with Crippen molar-refractivity contribution in [2.45, 2.75) is 38.1 Å². The van der Waals surface area contributed by atoms with Crippen LogP contribution in [-0.4, -0.2) is 42.5 Å². The van der Waals surface area contributed by atoms with Crippen LogP contribution in [0.25, 0.3) is 0 Å². The summed E-state index contributed by atoms with van der Waals surface area (Å²) in [5.41, 5.74) is 0. The minimum absolute atomic E-state index is 0.0308. The van der Waals surface area contributed by atoms with Gasteiger partial charge in [-0.1, -0.05) is 0 Å². The second-order valence-corrected chi connectivity index (χ2v) is 4.52. The van der Waals surface area contributed by atoms with E-state index in [-0.39, 0.29) is 11.9 Å². The summed E-state index contributed by atoms with van der Waals surface area (Å²) in [5.74, 6) is 0.0456. The number of amides is 3. The maximum atomic E-state index is 11.5. The Kier molecular flexibility index (Phi) is 3.64. The van der Waals surface area contributed by atoms with E-state index in [0.717, 1.165) is 38.8 Å². The summed E-state index contributed by atoms with van der Waals surface area (Å²) >= 11 is 0. The normalized spacial score (nSPS) is 19.6. The molecule has 1 aliphatic carbocycles. The number of nitrogens with one attached hydrogen (secondary N) is 2. The zero-order valence-corrected chi connectivity index (χ0v) is 9.50. The Hall–Kier alpha value is -1.26. The minimum Gasteiger partial charge on any atom is -0.353 e. The largest absolute Gasteiger partial charge is 0.353 e. The lowest BCUT2D eigenvalue weighted by Gasteiger charge is -2.15. The molecule has 1 aliphatic heterocycles. The van der Waals surface area contributed by atoms with E-state index in [2.05, 4.69) is 10.6 Å². The molecule has 0 unspecified atom stereocenters. The third-order valence-corrected chi connectivity index (χ3v) is 2.96. The Morgan fingerprint density at radius 1 is 1.19 bits per heavy atom. The first kappa shape index (κ1) is 11.2. The van der Waals surface area contributed by atoms with Gasteiger partial charge in [-0.15, -0.1) is 0 Å². The lowest BCUT2D eigenvalue weighted by atomic mass is 10.4. The van der Waals surface area contributed by atoms with E-state index in [9.17, 15) is 9.59 Å².